The zero-order chi connectivity index (χ0) is 18.2. The van der Waals surface area contributed by atoms with Gasteiger partial charge in [0, 0.05) is 37.6 Å². The zero-order valence-electron chi connectivity index (χ0n) is 15.0. The Bertz CT molecular complexity index is 877. The number of benzene rings is 1. The number of nitrogens with one attached hydrogen (secondary N) is 1. The largest absolute Gasteiger partial charge is 0.333 e. The zero-order valence-corrected chi connectivity index (χ0v) is 16.7. The van der Waals surface area contributed by atoms with E-state index in [1.54, 1.807) is 35.2 Å². The standard InChI is InChI=1S/C18H23N3O3S.ClH/c1-13-4-6-17(7-5-13)25(23,24)20-10-8-16(12-20)18(22)21-11-9-19-14(2)15(21)3;/h4-8,10,12,14-15,19H,9,11H2,1-3H3;1H. The van der Waals surface area contributed by atoms with Gasteiger partial charge in [-0.2, -0.15) is 0 Å². The lowest BCUT2D eigenvalue weighted by Crippen LogP contribution is -2.57. The van der Waals surface area contributed by atoms with Crippen LogP contribution in [-0.2, 0) is 10.0 Å². The molecule has 1 saturated heterocycles. The molecular weight excluding hydrogens is 374 g/mol. The number of carbonyl (C=O) groups excluding carboxylic acids is 1. The summed E-state index contributed by atoms with van der Waals surface area (Å²) in [6.45, 7) is 7.28. The van der Waals surface area contributed by atoms with Crippen LogP contribution < -0.4 is 5.32 Å². The Morgan fingerprint density at radius 3 is 2.46 bits per heavy atom. The van der Waals surface area contributed by atoms with Crippen molar-refractivity contribution in [2.75, 3.05) is 13.1 Å². The van der Waals surface area contributed by atoms with Crippen molar-refractivity contribution in [2.45, 2.75) is 37.8 Å². The quantitative estimate of drug-likeness (QED) is 0.862. The number of halogens is 1. The molecule has 0 aliphatic carbocycles. The number of aryl methyl sites for hydroxylation is 1. The van der Waals surface area contributed by atoms with E-state index >= 15 is 0 Å². The van der Waals surface area contributed by atoms with E-state index in [0.29, 0.717) is 12.1 Å². The third-order valence-electron chi connectivity index (χ3n) is 4.81. The Kier molecular flexibility index (Phi) is 6.16. The van der Waals surface area contributed by atoms with Gasteiger partial charge in [0.25, 0.3) is 15.9 Å². The second-order valence-electron chi connectivity index (χ2n) is 6.53. The molecule has 6 nitrogen and oxygen atoms in total. The molecule has 2 heterocycles. The van der Waals surface area contributed by atoms with Crippen molar-refractivity contribution in [2.24, 2.45) is 0 Å². The van der Waals surface area contributed by atoms with Crippen molar-refractivity contribution in [3.63, 3.8) is 0 Å². The molecule has 0 radical (unpaired) electrons. The highest BCUT2D eigenvalue weighted by atomic mass is 35.5. The number of rotatable bonds is 3. The fourth-order valence-corrected chi connectivity index (χ4v) is 4.19. The summed E-state index contributed by atoms with van der Waals surface area (Å²) in [5, 5.41) is 3.33. The number of piperazine rings is 1. The molecule has 8 heteroatoms. The molecule has 1 fully saturated rings. The molecule has 0 spiro atoms. The van der Waals surface area contributed by atoms with E-state index in [1.165, 1.54) is 12.4 Å². The van der Waals surface area contributed by atoms with Crippen LogP contribution in [0.15, 0.2) is 47.6 Å². The maximum absolute atomic E-state index is 12.8. The molecule has 0 saturated carbocycles. The smallest absolute Gasteiger partial charge is 0.267 e. The van der Waals surface area contributed by atoms with Gasteiger partial charge >= 0.3 is 0 Å². The summed E-state index contributed by atoms with van der Waals surface area (Å²) < 4.78 is 26.5. The van der Waals surface area contributed by atoms with Crippen molar-refractivity contribution in [1.29, 1.82) is 0 Å². The fraction of sp³-hybridized carbons (Fsp3) is 0.389. The second-order valence-corrected chi connectivity index (χ2v) is 8.37. The summed E-state index contributed by atoms with van der Waals surface area (Å²) in [6, 6.07) is 8.49. The first-order valence-corrected chi connectivity index (χ1v) is 9.79. The maximum atomic E-state index is 12.8. The normalized spacial score (nSPS) is 20.5. The Labute approximate surface area is 160 Å². The van der Waals surface area contributed by atoms with Crippen LogP contribution in [0, 0.1) is 6.92 Å². The highest BCUT2D eigenvalue weighted by Crippen LogP contribution is 2.18. The van der Waals surface area contributed by atoms with Gasteiger partial charge in [0.2, 0.25) is 0 Å². The minimum absolute atomic E-state index is 0. The minimum atomic E-state index is -3.69. The summed E-state index contributed by atoms with van der Waals surface area (Å²) in [4.78, 5) is 14.8. The third-order valence-corrected chi connectivity index (χ3v) is 6.46. The SMILES string of the molecule is Cc1ccc(S(=O)(=O)n2ccc(C(=O)N3CCNC(C)C3C)c2)cc1.Cl. The highest BCUT2D eigenvalue weighted by Gasteiger charge is 2.29. The molecule has 1 N–H and O–H groups in total. The van der Waals surface area contributed by atoms with E-state index in [0.717, 1.165) is 16.1 Å². The highest BCUT2D eigenvalue weighted by molar-refractivity contribution is 7.90. The average molecular weight is 398 g/mol. The van der Waals surface area contributed by atoms with Crippen LogP contribution in [0.5, 0.6) is 0 Å². The van der Waals surface area contributed by atoms with Gasteiger partial charge in [-0.05, 0) is 39.0 Å². The molecular formula is C18H24ClN3O3S. The number of hydrogen-bond donors (Lipinski definition) is 1. The molecule has 1 amide bonds. The lowest BCUT2D eigenvalue weighted by Gasteiger charge is -2.38. The molecule has 2 aromatic rings. The lowest BCUT2D eigenvalue weighted by atomic mass is 10.1. The van der Waals surface area contributed by atoms with Gasteiger partial charge in [-0.25, -0.2) is 12.4 Å². The molecule has 2 unspecified atom stereocenters. The fourth-order valence-electron chi connectivity index (χ4n) is 2.99. The van der Waals surface area contributed by atoms with Crippen LogP contribution in [0.25, 0.3) is 0 Å². The Morgan fingerprint density at radius 1 is 1.15 bits per heavy atom. The van der Waals surface area contributed by atoms with Crippen molar-refractivity contribution in [3.05, 3.63) is 53.9 Å². The molecule has 142 valence electrons. The van der Waals surface area contributed by atoms with Crippen molar-refractivity contribution in [3.8, 4) is 0 Å². The van der Waals surface area contributed by atoms with Gasteiger partial charge in [-0.3, -0.25) is 4.79 Å². The Hall–Kier alpha value is -1.83. The third kappa shape index (κ3) is 3.79. The van der Waals surface area contributed by atoms with Crippen LogP contribution in [-0.4, -0.2) is 48.4 Å². The first-order valence-electron chi connectivity index (χ1n) is 8.35. The average Bonchev–Trinajstić information content (AvgIpc) is 3.08. The number of nitrogens with zero attached hydrogens (tertiary/aromatic N) is 2. The van der Waals surface area contributed by atoms with Crippen molar-refractivity contribution >= 4 is 28.3 Å². The maximum Gasteiger partial charge on any atom is 0.267 e. The summed E-state index contributed by atoms with van der Waals surface area (Å²) in [7, 11) is -3.69. The minimum Gasteiger partial charge on any atom is -0.333 e. The van der Waals surface area contributed by atoms with Gasteiger partial charge in [-0.1, -0.05) is 17.7 Å². The molecule has 2 atom stereocenters. The van der Waals surface area contributed by atoms with E-state index in [9.17, 15) is 13.2 Å². The van der Waals surface area contributed by atoms with Crippen LogP contribution in [0.2, 0.25) is 0 Å². The molecule has 3 rings (SSSR count). The molecule has 0 bridgehead atoms. The number of hydrogen-bond acceptors (Lipinski definition) is 4. The van der Waals surface area contributed by atoms with E-state index in [4.69, 9.17) is 0 Å². The van der Waals surface area contributed by atoms with Crippen LogP contribution in [0.1, 0.15) is 29.8 Å². The van der Waals surface area contributed by atoms with Crippen LogP contribution >= 0.6 is 12.4 Å². The van der Waals surface area contributed by atoms with Gasteiger partial charge in [0.05, 0.1) is 10.5 Å². The molecule has 1 aromatic carbocycles. The van der Waals surface area contributed by atoms with Crippen molar-refractivity contribution < 1.29 is 13.2 Å². The second kappa shape index (κ2) is 7.82. The molecule has 1 aliphatic rings. The lowest BCUT2D eigenvalue weighted by molar-refractivity contribution is 0.0603. The van der Waals surface area contributed by atoms with Gasteiger partial charge in [-0.15, -0.1) is 12.4 Å². The molecule has 1 aliphatic heterocycles. The monoisotopic (exact) mass is 397 g/mol. The molecule has 26 heavy (non-hydrogen) atoms. The Morgan fingerprint density at radius 2 is 1.81 bits per heavy atom. The van der Waals surface area contributed by atoms with Gasteiger partial charge in [0.15, 0.2) is 0 Å². The van der Waals surface area contributed by atoms with Gasteiger partial charge < -0.3 is 10.2 Å². The van der Waals surface area contributed by atoms with E-state index < -0.39 is 10.0 Å². The number of aromatic nitrogens is 1. The van der Waals surface area contributed by atoms with E-state index in [-0.39, 0.29) is 35.3 Å². The van der Waals surface area contributed by atoms with Crippen LogP contribution in [0.3, 0.4) is 0 Å². The topological polar surface area (TPSA) is 71.4 Å². The van der Waals surface area contributed by atoms with E-state index in [2.05, 4.69) is 5.32 Å². The predicted octanol–water partition coefficient (Wildman–Crippen LogP) is 2.28. The predicted molar refractivity (Wildman–Crippen MR) is 103 cm³/mol. The summed E-state index contributed by atoms with van der Waals surface area (Å²) in [6.07, 6.45) is 2.83. The summed E-state index contributed by atoms with van der Waals surface area (Å²) in [5.74, 6) is -0.140. The number of amides is 1. The summed E-state index contributed by atoms with van der Waals surface area (Å²) in [5.41, 5.74) is 1.38. The first-order chi connectivity index (χ1) is 11.8. The van der Waals surface area contributed by atoms with Gasteiger partial charge in [0.1, 0.15) is 0 Å². The molecule has 1 aromatic heterocycles. The first kappa shape index (κ1) is 20.5. The Balaban J connectivity index is 0.00000243. The number of carbonyl (C=O) groups is 1. The van der Waals surface area contributed by atoms with Crippen LogP contribution in [0.4, 0.5) is 0 Å². The summed E-state index contributed by atoms with van der Waals surface area (Å²) >= 11 is 0. The van der Waals surface area contributed by atoms with Crippen molar-refractivity contribution in [1.82, 2.24) is 14.2 Å². The van der Waals surface area contributed by atoms with E-state index in [1.807, 2.05) is 20.8 Å².